The van der Waals surface area contributed by atoms with Gasteiger partial charge in [0.25, 0.3) is 11.5 Å². The number of hydrogen-bond acceptors (Lipinski definition) is 6. The van der Waals surface area contributed by atoms with Gasteiger partial charge in [-0.25, -0.2) is 5.10 Å². The zero-order chi connectivity index (χ0) is 19.7. The van der Waals surface area contributed by atoms with Gasteiger partial charge < -0.3 is 14.4 Å². The summed E-state index contributed by atoms with van der Waals surface area (Å²) >= 11 is 0. The Hall–Kier alpha value is -3.04. The second kappa shape index (κ2) is 7.53. The Morgan fingerprint density at radius 2 is 2.04 bits per heavy atom. The van der Waals surface area contributed by atoms with Crippen molar-refractivity contribution >= 4 is 11.8 Å². The first-order chi connectivity index (χ1) is 13.5. The minimum absolute atomic E-state index is 0.0258. The Morgan fingerprint density at radius 1 is 1.18 bits per heavy atom. The molecule has 0 radical (unpaired) electrons. The smallest absolute Gasteiger partial charge is 0.274 e. The summed E-state index contributed by atoms with van der Waals surface area (Å²) in [5.74, 6) is 0.690. The maximum absolute atomic E-state index is 13.2. The molecule has 4 heterocycles. The Kier molecular flexibility index (Phi) is 4.93. The first-order valence-electron chi connectivity index (χ1n) is 9.54. The standard InChI is InChI=1S/C18H23N7O3/c1-23-11-19-22-16(23)12-7-9-24(10-12)18(28)14-4-2-3-8-25(14)17(27)13-5-6-15(26)21-20-13/h5-6,11-12,14H,2-4,7-10H2,1H3,(H,21,26). The van der Waals surface area contributed by atoms with Crippen LogP contribution in [0.1, 0.15) is 47.9 Å². The molecular formula is C18H23N7O3. The predicted octanol–water partition coefficient (Wildman–Crippen LogP) is -0.0908. The van der Waals surface area contributed by atoms with E-state index in [9.17, 15) is 14.4 Å². The lowest BCUT2D eigenvalue weighted by Crippen LogP contribution is -2.52. The molecule has 10 heteroatoms. The Balaban J connectivity index is 1.49. The zero-order valence-corrected chi connectivity index (χ0v) is 15.7. The molecule has 148 valence electrons. The Bertz CT molecular complexity index is 917. The number of H-pyrrole nitrogens is 1. The topological polar surface area (TPSA) is 117 Å². The van der Waals surface area contributed by atoms with Gasteiger partial charge in [-0.05, 0) is 31.7 Å². The van der Waals surface area contributed by atoms with E-state index >= 15 is 0 Å². The monoisotopic (exact) mass is 385 g/mol. The van der Waals surface area contributed by atoms with Gasteiger partial charge in [0.1, 0.15) is 23.9 Å². The van der Waals surface area contributed by atoms with Crippen LogP contribution in [0.2, 0.25) is 0 Å². The van der Waals surface area contributed by atoms with E-state index < -0.39 is 6.04 Å². The molecule has 2 saturated heterocycles. The molecule has 2 fully saturated rings. The molecule has 0 spiro atoms. The second-order valence-electron chi connectivity index (χ2n) is 7.39. The van der Waals surface area contributed by atoms with Crippen LogP contribution in [0.4, 0.5) is 0 Å². The zero-order valence-electron chi connectivity index (χ0n) is 15.7. The SMILES string of the molecule is Cn1cnnc1C1CCN(C(=O)C2CCCCN2C(=O)c2ccc(=O)[nH]n2)C1. The first kappa shape index (κ1) is 18.3. The van der Waals surface area contributed by atoms with E-state index in [1.165, 1.54) is 12.1 Å². The van der Waals surface area contributed by atoms with Crippen molar-refractivity contribution in [3.8, 4) is 0 Å². The molecule has 2 aliphatic heterocycles. The summed E-state index contributed by atoms with van der Waals surface area (Å²) in [6, 6.07) is 2.18. The number of piperidine rings is 1. The van der Waals surface area contributed by atoms with Gasteiger partial charge in [0.15, 0.2) is 0 Å². The van der Waals surface area contributed by atoms with Crippen molar-refractivity contribution in [2.24, 2.45) is 7.05 Å². The molecule has 1 N–H and O–H groups in total. The van der Waals surface area contributed by atoms with Crippen LogP contribution in [-0.2, 0) is 11.8 Å². The van der Waals surface area contributed by atoms with Crippen molar-refractivity contribution in [3.05, 3.63) is 40.3 Å². The van der Waals surface area contributed by atoms with Crippen molar-refractivity contribution in [1.82, 2.24) is 34.8 Å². The molecule has 2 aromatic rings. The summed E-state index contributed by atoms with van der Waals surface area (Å²) in [4.78, 5) is 40.7. The molecule has 2 atom stereocenters. The van der Waals surface area contributed by atoms with Crippen LogP contribution in [0.5, 0.6) is 0 Å². The van der Waals surface area contributed by atoms with Crippen molar-refractivity contribution in [2.45, 2.75) is 37.6 Å². The van der Waals surface area contributed by atoms with Gasteiger partial charge in [0, 0.05) is 38.7 Å². The Labute approximate surface area is 161 Å². The molecule has 0 bridgehead atoms. The molecule has 0 saturated carbocycles. The maximum atomic E-state index is 13.2. The fraction of sp³-hybridized carbons (Fsp3) is 0.556. The van der Waals surface area contributed by atoms with E-state index in [4.69, 9.17) is 0 Å². The molecule has 10 nitrogen and oxygen atoms in total. The van der Waals surface area contributed by atoms with E-state index in [1.54, 1.807) is 11.2 Å². The summed E-state index contributed by atoms with van der Waals surface area (Å²) in [5, 5.41) is 14.2. The van der Waals surface area contributed by atoms with Gasteiger partial charge in [-0.1, -0.05) is 0 Å². The van der Waals surface area contributed by atoms with Crippen LogP contribution < -0.4 is 5.56 Å². The maximum Gasteiger partial charge on any atom is 0.274 e. The quantitative estimate of drug-likeness (QED) is 0.789. The second-order valence-corrected chi connectivity index (χ2v) is 7.39. The van der Waals surface area contributed by atoms with Gasteiger partial charge in [0.2, 0.25) is 5.91 Å². The van der Waals surface area contributed by atoms with E-state index in [0.717, 1.165) is 25.1 Å². The number of aromatic nitrogens is 5. The van der Waals surface area contributed by atoms with E-state index in [0.29, 0.717) is 26.1 Å². The summed E-state index contributed by atoms with van der Waals surface area (Å²) in [7, 11) is 1.90. The number of carbonyl (C=O) groups is 2. The first-order valence-corrected chi connectivity index (χ1v) is 9.54. The minimum atomic E-state index is -0.492. The Morgan fingerprint density at radius 3 is 2.75 bits per heavy atom. The highest BCUT2D eigenvalue weighted by Gasteiger charge is 2.38. The van der Waals surface area contributed by atoms with E-state index in [1.807, 2.05) is 16.5 Å². The lowest BCUT2D eigenvalue weighted by atomic mass is 10.00. The number of aromatic amines is 1. The number of rotatable bonds is 3. The van der Waals surface area contributed by atoms with Crippen molar-refractivity contribution in [2.75, 3.05) is 19.6 Å². The van der Waals surface area contributed by atoms with Crippen LogP contribution in [0.3, 0.4) is 0 Å². The number of nitrogens with one attached hydrogen (secondary N) is 1. The summed E-state index contributed by atoms with van der Waals surface area (Å²) < 4.78 is 1.89. The van der Waals surface area contributed by atoms with Gasteiger partial charge >= 0.3 is 0 Å². The van der Waals surface area contributed by atoms with Gasteiger partial charge in [0.05, 0.1) is 0 Å². The van der Waals surface area contributed by atoms with Crippen LogP contribution in [0, 0.1) is 0 Å². The van der Waals surface area contributed by atoms with Crippen LogP contribution in [-0.4, -0.2) is 72.3 Å². The van der Waals surface area contributed by atoms with Crippen molar-refractivity contribution in [3.63, 3.8) is 0 Å². The highest BCUT2D eigenvalue weighted by atomic mass is 16.2. The lowest BCUT2D eigenvalue weighted by molar-refractivity contribution is -0.136. The summed E-state index contributed by atoms with van der Waals surface area (Å²) in [5.41, 5.74) is -0.215. The number of amides is 2. The molecule has 2 unspecified atom stereocenters. The summed E-state index contributed by atoms with van der Waals surface area (Å²) in [6.07, 6.45) is 4.89. The van der Waals surface area contributed by atoms with E-state index in [-0.39, 0.29) is 29.0 Å². The van der Waals surface area contributed by atoms with Crippen LogP contribution in [0.25, 0.3) is 0 Å². The predicted molar refractivity (Wildman–Crippen MR) is 98.5 cm³/mol. The summed E-state index contributed by atoms with van der Waals surface area (Å²) in [6.45, 7) is 1.74. The van der Waals surface area contributed by atoms with Gasteiger partial charge in [-0.2, -0.15) is 5.10 Å². The third-order valence-electron chi connectivity index (χ3n) is 5.56. The van der Waals surface area contributed by atoms with Gasteiger partial charge in [-0.3, -0.25) is 14.4 Å². The van der Waals surface area contributed by atoms with Crippen LogP contribution >= 0.6 is 0 Å². The van der Waals surface area contributed by atoms with E-state index in [2.05, 4.69) is 20.4 Å². The number of carbonyl (C=O) groups excluding carboxylic acids is 2. The molecule has 0 aliphatic carbocycles. The molecule has 2 amide bonds. The minimum Gasteiger partial charge on any atom is -0.340 e. The molecule has 0 aromatic carbocycles. The fourth-order valence-corrected chi connectivity index (χ4v) is 4.09. The number of hydrogen-bond donors (Lipinski definition) is 1. The largest absolute Gasteiger partial charge is 0.340 e. The molecule has 4 rings (SSSR count). The van der Waals surface area contributed by atoms with Crippen molar-refractivity contribution < 1.29 is 9.59 Å². The third-order valence-corrected chi connectivity index (χ3v) is 5.56. The fourth-order valence-electron chi connectivity index (χ4n) is 4.09. The highest BCUT2D eigenvalue weighted by Crippen LogP contribution is 2.28. The average Bonchev–Trinajstić information content (AvgIpc) is 3.36. The highest BCUT2D eigenvalue weighted by molar-refractivity contribution is 5.96. The third kappa shape index (κ3) is 3.41. The molecular weight excluding hydrogens is 362 g/mol. The number of likely N-dealkylation sites (tertiary alicyclic amines) is 2. The molecule has 28 heavy (non-hydrogen) atoms. The molecule has 2 aliphatic rings. The normalized spacial score (nSPS) is 22.5. The van der Waals surface area contributed by atoms with Crippen molar-refractivity contribution in [1.29, 1.82) is 0 Å². The van der Waals surface area contributed by atoms with Gasteiger partial charge in [-0.15, -0.1) is 10.2 Å². The lowest BCUT2D eigenvalue weighted by Gasteiger charge is -2.36. The number of aryl methyl sites for hydroxylation is 1. The van der Waals surface area contributed by atoms with Crippen LogP contribution in [0.15, 0.2) is 23.3 Å². The molecule has 2 aromatic heterocycles. The number of nitrogens with zero attached hydrogens (tertiary/aromatic N) is 6. The average molecular weight is 385 g/mol.